The van der Waals surface area contributed by atoms with Crippen molar-refractivity contribution in [2.24, 2.45) is 11.7 Å². The Balaban J connectivity index is 1.67. The van der Waals surface area contributed by atoms with Crippen molar-refractivity contribution in [3.05, 3.63) is 29.8 Å². The van der Waals surface area contributed by atoms with Gasteiger partial charge >= 0.3 is 0 Å². The summed E-state index contributed by atoms with van der Waals surface area (Å²) in [6, 6.07) is 8.71. The van der Waals surface area contributed by atoms with Crippen LogP contribution in [0.4, 0.5) is 5.69 Å². The number of benzene rings is 1. The minimum absolute atomic E-state index is 0.114. The van der Waals surface area contributed by atoms with Gasteiger partial charge in [-0.25, -0.2) is 0 Å². The van der Waals surface area contributed by atoms with E-state index in [0.29, 0.717) is 6.54 Å². The highest BCUT2D eigenvalue weighted by atomic mass is 16.2. The minimum atomic E-state index is 0.114. The fourth-order valence-electron chi connectivity index (χ4n) is 4.01. The highest BCUT2D eigenvalue weighted by Crippen LogP contribution is 2.28. The Labute approximate surface area is 139 Å². The van der Waals surface area contributed by atoms with Gasteiger partial charge in [0.1, 0.15) is 0 Å². The van der Waals surface area contributed by atoms with E-state index in [-0.39, 0.29) is 17.9 Å². The van der Waals surface area contributed by atoms with Crippen molar-refractivity contribution in [3.8, 4) is 0 Å². The van der Waals surface area contributed by atoms with Gasteiger partial charge in [-0.1, -0.05) is 24.6 Å². The van der Waals surface area contributed by atoms with Gasteiger partial charge in [0.25, 0.3) is 0 Å². The van der Waals surface area contributed by atoms with E-state index >= 15 is 0 Å². The molecule has 1 aliphatic heterocycles. The summed E-state index contributed by atoms with van der Waals surface area (Å²) >= 11 is 0. The smallest absolute Gasteiger partial charge is 0.225 e. The second kappa shape index (κ2) is 7.35. The van der Waals surface area contributed by atoms with Crippen LogP contribution in [0.1, 0.15) is 44.1 Å². The molecule has 126 valence electrons. The van der Waals surface area contributed by atoms with Gasteiger partial charge in [-0.05, 0) is 43.7 Å². The Bertz CT molecular complexity index is 539. The summed E-state index contributed by atoms with van der Waals surface area (Å²) in [4.78, 5) is 17.1. The van der Waals surface area contributed by atoms with Crippen LogP contribution < -0.4 is 10.6 Å². The van der Waals surface area contributed by atoms with Crippen LogP contribution in [-0.2, 0) is 11.3 Å². The molecule has 2 atom stereocenters. The van der Waals surface area contributed by atoms with Crippen LogP contribution in [0, 0.1) is 5.92 Å². The zero-order valence-corrected chi connectivity index (χ0v) is 14.2. The topological polar surface area (TPSA) is 49.6 Å². The Morgan fingerprint density at radius 1 is 1.22 bits per heavy atom. The Morgan fingerprint density at radius 3 is 2.70 bits per heavy atom. The average Bonchev–Trinajstić information content (AvgIpc) is 3.09. The lowest BCUT2D eigenvalue weighted by Gasteiger charge is -2.30. The van der Waals surface area contributed by atoms with Crippen LogP contribution in [0.3, 0.4) is 0 Å². The summed E-state index contributed by atoms with van der Waals surface area (Å²) in [6.07, 6.45) is 6.51. The van der Waals surface area contributed by atoms with Gasteiger partial charge in [-0.2, -0.15) is 0 Å². The Hall–Kier alpha value is -1.55. The molecule has 1 heterocycles. The first kappa shape index (κ1) is 16.3. The summed E-state index contributed by atoms with van der Waals surface area (Å²) in [7, 11) is 1.93. The fourth-order valence-corrected chi connectivity index (χ4v) is 4.01. The monoisotopic (exact) mass is 315 g/mol. The molecule has 1 aliphatic carbocycles. The molecule has 1 aromatic rings. The standard InChI is InChI=1S/C19H29N3O/c1-21(19(23)15-8-6-9-17(20)13-15)14-16-7-2-3-10-18(16)22-11-4-5-12-22/h2-3,7,10,15,17H,4-6,8-9,11-14,20H2,1H3/t15-,17+/m1/s1. The van der Waals surface area contributed by atoms with Crippen molar-refractivity contribution in [1.82, 2.24) is 4.90 Å². The number of amides is 1. The normalized spacial score (nSPS) is 24.7. The molecular weight excluding hydrogens is 286 g/mol. The third-order valence-electron chi connectivity index (χ3n) is 5.29. The highest BCUT2D eigenvalue weighted by Gasteiger charge is 2.28. The predicted molar refractivity (Wildman–Crippen MR) is 94.3 cm³/mol. The van der Waals surface area contributed by atoms with E-state index in [2.05, 4.69) is 29.2 Å². The third kappa shape index (κ3) is 3.86. The summed E-state index contributed by atoms with van der Waals surface area (Å²) in [5.74, 6) is 0.374. The van der Waals surface area contributed by atoms with Crippen molar-refractivity contribution < 1.29 is 4.79 Å². The third-order valence-corrected chi connectivity index (χ3v) is 5.29. The van der Waals surface area contributed by atoms with E-state index in [1.807, 2.05) is 11.9 Å². The molecule has 0 unspecified atom stereocenters. The molecule has 2 aliphatic rings. The number of anilines is 1. The van der Waals surface area contributed by atoms with E-state index in [9.17, 15) is 4.79 Å². The zero-order valence-electron chi connectivity index (χ0n) is 14.2. The highest BCUT2D eigenvalue weighted by molar-refractivity contribution is 5.79. The molecule has 3 rings (SSSR count). The number of nitrogens with two attached hydrogens (primary N) is 1. The Kier molecular flexibility index (Phi) is 5.21. The van der Waals surface area contributed by atoms with Gasteiger partial charge < -0.3 is 15.5 Å². The quantitative estimate of drug-likeness (QED) is 0.929. The zero-order chi connectivity index (χ0) is 16.2. The van der Waals surface area contributed by atoms with Crippen LogP contribution in [-0.4, -0.2) is 37.0 Å². The van der Waals surface area contributed by atoms with Gasteiger partial charge in [-0.15, -0.1) is 0 Å². The molecule has 4 heteroatoms. The summed E-state index contributed by atoms with van der Waals surface area (Å²) in [6.45, 7) is 2.95. The minimum Gasteiger partial charge on any atom is -0.371 e. The largest absolute Gasteiger partial charge is 0.371 e. The predicted octanol–water partition coefficient (Wildman–Crippen LogP) is 2.76. The molecule has 1 saturated heterocycles. The first-order chi connectivity index (χ1) is 11.1. The lowest BCUT2D eigenvalue weighted by Crippen LogP contribution is -2.38. The van der Waals surface area contributed by atoms with Crippen LogP contribution in [0.15, 0.2) is 24.3 Å². The number of para-hydroxylation sites is 1. The van der Waals surface area contributed by atoms with Crippen LogP contribution in [0.25, 0.3) is 0 Å². The first-order valence-electron chi connectivity index (χ1n) is 8.98. The fraction of sp³-hybridized carbons (Fsp3) is 0.632. The van der Waals surface area contributed by atoms with Gasteiger partial charge in [0.15, 0.2) is 0 Å². The number of hydrogen-bond acceptors (Lipinski definition) is 3. The molecule has 2 fully saturated rings. The van der Waals surface area contributed by atoms with E-state index < -0.39 is 0 Å². The molecule has 1 aromatic carbocycles. The molecule has 1 amide bonds. The molecule has 0 radical (unpaired) electrons. The Morgan fingerprint density at radius 2 is 1.96 bits per heavy atom. The maximum absolute atomic E-state index is 12.7. The molecular formula is C19H29N3O. The van der Waals surface area contributed by atoms with E-state index in [4.69, 9.17) is 5.73 Å². The second-order valence-electron chi connectivity index (χ2n) is 7.14. The van der Waals surface area contributed by atoms with Gasteiger partial charge in [0.2, 0.25) is 5.91 Å². The van der Waals surface area contributed by atoms with Crippen molar-refractivity contribution >= 4 is 11.6 Å². The average molecular weight is 315 g/mol. The maximum atomic E-state index is 12.7. The van der Waals surface area contributed by atoms with Crippen molar-refractivity contribution in [2.75, 3.05) is 25.0 Å². The molecule has 2 N–H and O–H groups in total. The number of rotatable bonds is 4. The number of hydrogen-bond donors (Lipinski definition) is 1. The lowest BCUT2D eigenvalue weighted by molar-refractivity contribution is -0.135. The van der Waals surface area contributed by atoms with Crippen molar-refractivity contribution in [2.45, 2.75) is 51.1 Å². The van der Waals surface area contributed by atoms with Crippen LogP contribution >= 0.6 is 0 Å². The van der Waals surface area contributed by atoms with Gasteiger partial charge in [-0.3, -0.25) is 4.79 Å². The summed E-state index contributed by atoms with van der Waals surface area (Å²) < 4.78 is 0. The van der Waals surface area contributed by atoms with E-state index in [0.717, 1.165) is 38.8 Å². The lowest BCUT2D eigenvalue weighted by atomic mass is 9.85. The van der Waals surface area contributed by atoms with Crippen LogP contribution in [0.2, 0.25) is 0 Å². The second-order valence-corrected chi connectivity index (χ2v) is 7.14. The molecule has 0 bridgehead atoms. The maximum Gasteiger partial charge on any atom is 0.225 e. The van der Waals surface area contributed by atoms with Crippen molar-refractivity contribution in [1.29, 1.82) is 0 Å². The van der Waals surface area contributed by atoms with E-state index in [1.165, 1.54) is 24.1 Å². The van der Waals surface area contributed by atoms with Gasteiger partial charge in [0, 0.05) is 44.3 Å². The van der Waals surface area contributed by atoms with Crippen molar-refractivity contribution in [3.63, 3.8) is 0 Å². The summed E-state index contributed by atoms with van der Waals surface area (Å²) in [5, 5.41) is 0. The molecule has 0 aromatic heterocycles. The van der Waals surface area contributed by atoms with Gasteiger partial charge in [0.05, 0.1) is 0 Å². The molecule has 23 heavy (non-hydrogen) atoms. The first-order valence-corrected chi connectivity index (χ1v) is 8.98. The molecule has 1 saturated carbocycles. The number of nitrogens with zero attached hydrogens (tertiary/aromatic N) is 2. The van der Waals surface area contributed by atoms with Crippen LogP contribution in [0.5, 0.6) is 0 Å². The molecule has 0 spiro atoms. The van der Waals surface area contributed by atoms with E-state index in [1.54, 1.807) is 0 Å². The number of carbonyl (C=O) groups is 1. The molecule has 4 nitrogen and oxygen atoms in total. The number of carbonyl (C=O) groups excluding carboxylic acids is 1. The SMILES string of the molecule is CN(Cc1ccccc1N1CCCC1)C(=O)[C@@H]1CCC[C@H](N)C1. The summed E-state index contributed by atoms with van der Waals surface area (Å²) in [5.41, 5.74) is 8.60.